The molecule has 0 bridgehead atoms. The minimum Gasteiger partial charge on any atom is -0.398 e. The van der Waals surface area contributed by atoms with Gasteiger partial charge in [-0.15, -0.1) is 0 Å². The molecular weight excluding hydrogens is 438 g/mol. The highest BCUT2D eigenvalue weighted by Crippen LogP contribution is 2.43. The zero-order chi connectivity index (χ0) is 23.3. The number of hydrogen-bond acceptors (Lipinski definition) is 5. The second kappa shape index (κ2) is 7.43. The van der Waals surface area contributed by atoms with Gasteiger partial charge < -0.3 is 21.7 Å². The Balaban J connectivity index is 2.58. The maximum Gasteiger partial charge on any atom is 0.421 e. The smallest absolute Gasteiger partial charge is 0.398 e. The summed E-state index contributed by atoms with van der Waals surface area (Å²) in [4.78, 5) is -0.516. The summed E-state index contributed by atoms with van der Waals surface area (Å²) in [5.74, 6) is 0. The highest BCUT2D eigenvalue weighted by Gasteiger charge is 2.53. The van der Waals surface area contributed by atoms with Crippen LogP contribution in [0.25, 0.3) is 0 Å². The molecule has 0 heterocycles. The third kappa shape index (κ3) is 4.12. The van der Waals surface area contributed by atoms with Crippen LogP contribution in [0, 0.1) is 0 Å². The molecule has 0 radical (unpaired) electrons. The molecule has 0 saturated carbocycles. The molecule has 166 valence electrons. The van der Waals surface area contributed by atoms with Crippen molar-refractivity contribution >= 4 is 22.2 Å². The van der Waals surface area contributed by atoms with E-state index in [1.807, 2.05) is 0 Å². The van der Waals surface area contributed by atoms with Crippen LogP contribution in [0.15, 0.2) is 46.2 Å². The Morgan fingerprint density at radius 1 is 0.733 bits per heavy atom. The first-order valence-corrected chi connectivity index (χ1v) is 9.36. The van der Waals surface area contributed by atoms with Crippen LogP contribution in [0.5, 0.6) is 0 Å². The monoisotopic (exact) mass is 456 g/mol. The number of hydrogen-bond donors (Lipinski definition) is 4. The lowest BCUT2D eigenvalue weighted by Crippen LogP contribution is -2.40. The lowest BCUT2D eigenvalue weighted by molar-refractivity contribution is -0.258. The average Bonchev–Trinajstić information content (AvgIpc) is 2.59. The van der Waals surface area contributed by atoms with E-state index in [1.54, 1.807) is 0 Å². The normalized spacial score (nSPS) is 17.8. The number of benzene rings is 2. The second-order valence-corrected chi connectivity index (χ2v) is 8.39. The van der Waals surface area contributed by atoms with Crippen LogP contribution in [0.2, 0.25) is 0 Å². The summed E-state index contributed by atoms with van der Waals surface area (Å²) in [6.07, 6.45) is -10.2. The Morgan fingerprint density at radius 3 is 1.30 bits per heavy atom. The highest BCUT2D eigenvalue weighted by atomic mass is 32.2. The maximum atomic E-state index is 13.2. The topological polar surface area (TPSA) is 110 Å². The molecule has 0 aliphatic heterocycles. The maximum absolute atomic E-state index is 13.2. The number of rotatable bonds is 4. The van der Waals surface area contributed by atoms with E-state index in [1.165, 1.54) is 0 Å². The van der Waals surface area contributed by atoms with E-state index < -0.39 is 56.9 Å². The molecule has 2 atom stereocenters. The quantitative estimate of drug-likeness (QED) is 0.416. The molecular formula is C18H18F6N2O3S. The van der Waals surface area contributed by atoms with Gasteiger partial charge in [0, 0.05) is 32.3 Å². The van der Waals surface area contributed by atoms with E-state index in [0.717, 1.165) is 36.4 Å². The average molecular weight is 456 g/mol. The van der Waals surface area contributed by atoms with Crippen LogP contribution >= 0.6 is 0 Å². The Kier molecular flexibility index (Phi) is 5.94. The van der Waals surface area contributed by atoms with Crippen LogP contribution < -0.4 is 11.5 Å². The lowest BCUT2D eigenvalue weighted by Gasteiger charge is -2.29. The third-order valence-corrected chi connectivity index (χ3v) is 5.99. The summed E-state index contributed by atoms with van der Waals surface area (Å²) in [6.45, 7) is 0.931. The van der Waals surface area contributed by atoms with E-state index in [9.17, 15) is 40.8 Å². The van der Waals surface area contributed by atoms with Crippen molar-refractivity contribution < 1.29 is 40.8 Å². The molecule has 0 saturated heterocycles. The summed E-state index contributed by atoms with van der Waals surface area (Å²) in [5.41, 5.74) is 1.97. The minimum atomic E-state index is -5.10. The predicted molar refractivity (Wildman–Crippen MR) is 97.6 cm³/mol. The molecule has 0 amide bonds. The van der Waals surface area contributed by atoms with E-state index in [2.05, 4.69) is 0 Å². The fourth-order valence-corrected chi connectivity index (χ4v) is 3.69. The Labute approximate surface area is 169 Å². The summed E-state index contributed by atoms with van der Waals surface area (Å²) >= 11 is 0. The molecule has 6 N–H and O–H groups in total. The number of anilines is 2. The van der Waals surface area contributed by atoms with E-state index >= 15 is 0 Å². The summed E-state index contributed by atoms with van der Waals surface area (Å²) in [5, 5.41) is 19.8. The van der Waals surface area contributed by atoms with Gasteiger partial charge in [0.1, 0.15) is 0 Å². The van der Waals surface area contributed by atoms with Crippen molar-refractivity contribution in [2.75, 3.05) is 11.5 Å². The Morgan fingerprint density at radius 2 is 1.03 bits per heavy atom. The first-order valence-electron chi connectivity index (χ1n) is 8.21. The van der Waals surface area contributed by atoms with Crippen LogP contribution in [0.1, 0.15) is 25.0 Å². The molecule has 30 heavy (non-hydrogen) atoms. The van der Waals surface area contributed by atoms with Gasteiger partial charge in [-0.25, -0.2) is 4.21 Å². The first kappa shape index (κ1) is 24.0. The number of nitrogen functional groups attached to an aromatic ring is 2. The molecule has 0 fully saturated rings. The fraction of sp³-hybridized carbons (Fsp3) is 0.333. The first-order chi connectivity index (χ1) is 13.4. The number of nitrogens with two attached hydrogens (primary N) is 2. The highest BCUT2D eigenvalue weighted by molar-refractivity contribution is 7.85. The van der Waals surface area contributed by atoms with Gasteiger partial charge in [0.25, 0.3) is 0 Å². The number of alkyl halides is 6. The van der Waals surface area contributed by atoms with Crippen molar-refractivity contribution in [3.8, 4) is 0 Å². The van der Waals surface area contributed by atoms with E-state index in [4.69, 9.17) is 11.5 Å². The van der Waals surface area contributed by atoms with Gasteiger partial charge in [0.2, 0.25) is 0 Å². The van der Waals surface area contributed by atoms with Gasteiger partial charge in [-0.2, -0.15) is 26.3 Å². The fourth-order valence-electron chi connectivity index (χ4n) is 2.59. The molecule has 0 aliphatic rings. The van der Waals surface area contributed by atoms with Crippen LogP contribution in [0.4, 0.5) is 37.7 Å². The second-order valence-electron chi connectivity index (χ2n) is 6.91. The van der Waals surface area contributed by atoms with Gasteiger partial charge in [0.05, 0.1) is 10.8 Å². The predicted octanol–water partition coefficient (Wildman–Crippen LogP) is 3.56. The molecule has 0 aromatic heterocycles. The Hall–Kier alpha value is -2.31. The van der Waals surface area contributed by atoms with Crippen molar-refractivity contribution in [1.82, 2.24) is 0 Å². The zero-order valence-corrected chi connectivity index (χ0v) is 16.4. The van der Waals surface area contributed by atoms with Gasteiger partial charge in [-0.1, -0.05) is 0 Å². The zero-order valence-electron chi connectivity index (χ0n) is 15.6. The standard InChI is InChI=1S/C18H18F6N2O3S/c1-15(27,17(19,20)21)11-7-9(3-5-13(11)25)30(29)10-4-6-14(26)12(8-10)16(2,28)18(22,23)24/h3-8,27-28H,25-26H2,1-2H3. The van der Waals surface area contributed by atoms with Crippen molar-refractivity contribution in [2.24, 2.45) is 0 Å². The van der Waals surface area contributed by atoms with Crippen LogP contribution in [-0.2, 0) is 22.0 Å². The number of aliphatic hydroxyl groups is 2. The molecule has 2 rings (SSSR count). The molecule has 5 nitrogen and oxygen atoms in total. The Bertz CT molecular complexity index is 909. The minimum absolute atomic E-state index is 0.258. The molecule has 2 aromatic carbocycles. The van der Waals surface area contributed by atoms with Crippen molar-refractivity contribution in [3.05, 3.63) is 47.5 Å². The van der Waals surface area contributed by atoms with Crippen LogP contribution in [0.3, 0.4) is 0 Å². The van der Waals surface area contributed by atoms with Gasteiger partial charge >= 0.3 is 12.4 Å². The molecule has 2 unspecified atom stereocenters. The summed E-state index contributed by atoms with van der Waals surface area (Å²) in [6, 6.07) is 5.73. The van der Waals surface area contributed by atoms with Gasteiger partial charge in [0.15, 0.2) is 11.2 Å². The molecule has 12 heteroatoms. The summed E-state index contributed by atoms with van der Waals surface area (Å²) in [7, 11) is -2.28. The number of halogens is 6. The van der Waals surface area contributed by atoms with Gasteiger partial charge in [-0.3, -0.25) is 0 Å². The summed E-state index contributed by atoms with van der Waals surface area (Å²) < 4.78 is 91.8. The molecule has 0 spiro atoms. The molecule has 2 aromatic rings. The van der Waals surface area contributed by atoms with Crippen molar-refractivity contribution in [3.63, 3.8) is 0 Å². The largest absolute Gasteiger partial charge is 0.421 e. The van der Waals surface area contributed by atoms with Crippen molar-refractivity contribution in [2.45, 2.75) is 47.2 Å². The van der Waals surface area contributed by atoms with E-state index in [-0.39, 0.29) is 9.79 Å². The van der Waals surface area contributed by atoms with Gasteiger partial charge in [-0.05, 0) is 50.2 Å². The third-order valence-electron chi connectivity index (χ3n) is 4.63. The van der Waals surface area contributed by atoms with Crippen molar-refractivity contribution in [1.29, 1.82) is 0 Å². The molecule has 0 aliphatic carbocycles. The van der Waals surface area contributed by atoms with Crippen LogP contribution in [-0.4, -0.2) is 26.8 Å². The SMILES string of the molecule is CC(O)(c1cc(S(=O)c2ccc(N)c(C(C)(O)C(F)(F)F)c2)ccc1N)C(F)(F)F. The van der Waals surface area contributed by atoms with E-state index in [0.29, 0.717) is 13.8 Å². The lowest BCUT2D eigenvalue weighted by atomic mass is 9.94.